The van der Waals surface area contributed by atoms with Crippen LogP contribution in [0.25, 0.3) is 17.0 Å². The first kappa shape index (κ1) is 23.4. The van der Waals surface area contributed by atoms with Gasteiger partial charge < -0.3 is 11.1 Å². The lowest BCUT2D eigenvalue weighted by atomic mass is 10.1. The van der Waals surface area contributed by atoms with Crippen molar-refractivity contribution in [2.24, 2.45) is 17.8 Å². The number of rotatable bonds is 4. The van der Waals surface area contributed by atoms with E-state index < -0.39 is 0 Å². The fourth-order valence-electron chi connectivity index (χ4n) is 3.26. The summed E-state index contributed by atoms with van der Waals surface area (Å²) in [6.45, 7) is 0.391. The van der Waals surface area contributed by atoms with E-state index in [1.54, 1.807) is 17.8 Å². The molecule has 0 fully saturated rings. The van der Waals surface area contributed by atoms with Gasteiger partial charge in [-0.1, -0.05) is 36.4 Å². The van der Waals surface area contributed by atoms with Crippen molar-refractivity contribution in [1.29, 1.82) is 0 Å². The number of likely N-dealkylation sites (N-methyl/N-ethyl adjacent to an activating group) is 1. The molecule has 3 N–H and O–H groups in total. The number of benzene rings is 2. The predicted molar refractivity (Wildman–Crippen MR) is 125 cm³/mol. The van der Waals surface area contributed by atoms with Crippen LogP contribution < -0.4 is 11.1 Å². The molecule has 0 radical (unpaired) electrons. The van der Waals surface area contributed by atoms with Gasteiger partial charge >= 0.3 is 0 Å². The van der Waals surface area contributed by atoms with Gasteiger partial charge in [0.25, 0.3) is 5.91 Å². The fourth-order valence-corrected chi connectivity index (χ4v) is 3.26. The van der Waals surface area contributed by atoms with Gasteiger partial charge in [0.05, 0.1) is 11.6 Å². The highest BCUT2D eigenvalue weighted by atomic mass is 35.5. The molecule has 1 amide bonds. The summed E-state index contributed by atoms with van der Waals surface area (Å²) in [5.74, 6) is 0.343. The highest BCUT2D eigenvalue weighted by molar-refractivity contribution is 6.13. The third kappa shape index (κ3) is 4.64. The number of aryl methyl sites for hydroxylation is 1. The first-order valence-corrected chi connectivity index (χ1v) is 9.08. The average Bonchev–Trinajstić information content (AvgIpc) is 3.20. The lowest BCUT2D eigenvalue weighted by Crippen LogP contribution is -2.42. The predicted octanol–water partition coefficient (Wildman–Crippen LogP) is 2.88. The number of nitrogens with one attached hydrogen (secondary N) is 1. The second-order valence-electron chi connectivity index (χ2n) is 6.79. The quantitative estimate of drug-likeness (QED) is 0.602. The molecule has 7 nitrogen and oxygen atoms in total. The summed E-state index contributed by atoms with van der Waals surface area (Å²) in [5, 5.41) is 8.67. The molecule has 1 aromatic heterocycles. The molecule has 1 aliphatic heterocycles. The van der Waals surface area contributed by atoms with Crippen LogP contribution in [0.3, 0.4) is 0 Å². The molecular formula is C21H24Cl2N6O. The van der Waals surface area contributed by atoms with Crippen molar-refractivity contribution in [2.75, 3.05) is 13.6 Å². The van der Waals surface area contributed by atoms with E-state index >= 15 is 0 Å². The Morgan fingerprint density at radius 1 is 1.13 bits per heavy atom. The summed E-state index contributed by atoms with van der Waals surface area (Å²) >= 11 is 0. The topological polar surface area (TPSA) is 88.5 Å². The summed E-state index contributed by atoms with van der Waals surface area (Å²) in [6.07, 6.45) is 3.74. The molecule has 0 saturated heterocycles. The molecular weight excluding hydrogens is 423 g/mol. The Bertz CT molecular complexity index is 1090. The van der Waals surface area contributed by atoms with Crippen LogP contribution in [0.5, 0.6) is 0 Å². The highest BCUT2D eigenvalue weighted by Crippen LogP contribution is 2.21. The molecule has 30 heavy (non-hydrogen) atoms. The molecule has 0 saturated carbocycles. The van der Waals surface area contributed by atoms with Crippen LogP contribution in [-0.2, 0) is 11.8 Å². The van der Waals surface area contributed by atoms with Gasteiger partial charge in [0, 0.05) is 32.2 Å². The molecule has 0 aliphatic carbocycles. The molecule has 1 aliphatic rings. The number of halogens is 2. The number of aromatic nitrogens is 2. The second kappa shape index (κ2) is 9.75. The van der Waals surface area contributed by atoms with Crippen molar-refractivity contribution in [3.05, 3.63) is 71.6 Å². The maximum atomic E-state index is 12.6. The van der Waals surface area contributed by atoms with E-state index in [1.165, 1.54) is 4.90 Å². The van der Waals surface area contributed by atoms with Crippen molar-refractivity contribution >= 4 is 53.7 Å². The average molecular weight is 447 g/mol. The lowest BCUT2D eigenvalue weighted by molar-refractivity contribution is -0.121. The Balaban J connectivity index is 0.00000160. The zero-order chi connectivity index (χ0) is 19.7. The van der Waals surface area contributed by atoms with Gasteiger partial charge in [-0.15, -0.1) is 24.8 Å². The number of aliphatic imine (C=N–C) groups is 1. The van der Waals surface area contributed by atoms with Crippen LogP contribution in [-0.4, -0.2) is 40.1 Å². The van der Waals surface area contributed by atoms with Crippen LogP contribution in [0.15, 0.2) is 65.4 Å². The number of carbonyl (C=O) groups excluding carboxylic acids is 1. The number of nitrogens with zero attached hydrogens (tertiary/aromatic N) is 4. The van der Waals surface area contributed by atoms with Crippen LogP contribution in [0.2, 0.25) is 0 Å². The number of nitrogens with two attached hydrogens (primary N) is 1. The molecule has 2 heterocycles. The number of fused-ring (bicyclic) bond motifs is 1. The molecule has 3 aromatic rings. The first-order valence-electron chi connectivity index (χ1n) is 9.08. The van der Waals surface area contributed by atoms with Crippen molar-refractivity contribution in [3.8, 4) is 0 Å². The Morgan fingerprint density at radius 2 is 1.87 bits per heavy atom. The Hall–Kier alpha value is -2.87. The summed E-state index contributed by atoms with van der Waals surface area (Å²) in [7, 11) is 3.59. The van der Waals surface area contributed by atoms with Crippen LogP contribution in [0.1, 0.15) is 17.2 Å². The Labute approximate surface area is 187 Å². The molecule has 9 heteroatoms. The normalized spacial score (nSPS) is 15.6. The number of amides is 1. The molecule has 4 rings (SSSR count). The fraction of sp³-hybridized carbons (Fsp3) is 0.190. The van der Waals surface area contributed by atoms with E-state index in [1.807, 2.05) is 61.8 Å². The van der Waals surface area contributed by atoms with Gasteiger partial charge in [-0.25, -0.2) is 4.99 Å². The van der Waals surface area contributed by atoms with E-state index in [0.29, 0.717) is 18.2 Å². The zero-order valence-corrected chi connectivity index (χ0v) is 18.3. The number of guanidine groups is 1. The van der Waals surface area contributed by atoms with Gasteiger partial charge in [0.1, 0.15) is 5.70 Å². The molecule has 0 spiro atoms. The summed E-state index contributed by atoms with van der Waals surface area (Å²) in [4.78, 5) is 18.7. The van der Waals surface area contributed by atoms with E-state index in [4.69, 9.17) is 5.73 Å². The third-order valence-electron chi connectivity index (χ3n) is 4.76. The minimum absolute atomic E-state index is 0. The van der Waals surface area contributed by atoms with Gasteiger partial charge in [0.15, 0.2) is 0 Å². The highest BCUT2D eigenvalue weighted by Gasteiger charge is 2.28. The van der Waals surface area contributed by atoms with Crippen molar-refractivity contribution < 1.29 is 4.79 Å². The van der Waals surface area contributed by atoms with Crippen molar-refractivity contribution in [2.45, 2.75) is 6.04 Å². The maximum absolute atomic E-state index is 12.6. The van der Waals surface area contributed by atoms with Gasteiger partial charge in [-0.3, -0.25) is 14.4 Å². The standard InChI is InChI=1S/C21H22N6O.2ClH/c1-26-13-16-10-14(8-9-17(16)25-26)11-18-20(28)27(2)21(23-18)24-19(12-22)15-6-4-3-5-7-15;;/h3-11,13,19H,12,22H2,1-2H3,(H,23,24);2*1H/b18-11-;;/t19-;;/m0../s1. The van der Waals surface area contributed by atoms with Gasteiger partial charge in [-0.2, -0.15) is 5.10 Å². The van der Waals surface area contributed by atoms with Gasteiger partial charge in [0.2, 0.25) is 5.96 Å². The van der Waals surface area contributed by atoms with Crippen LogP contribution in [0, 0.1) is 0 Å². The monoisotopic (exact) mass is 446 g/mol. The van der Waals surface area contributed by atoms with Crippen molar-refractivity contribution in [1.82, 2.24) is 20.0 Å². The minimum atomic E-state index is -0.155. The summed E-state index contributed by atoms with van der Waals surface area (Å²) in [6, 6.07) is 15.6. The zero-order valence-electron chi connectivity index (χ0n) is 16.6. The Morgan fingerprint density at radius 3 is 2.57 bits per heavy atom. The van der Waals surface area contributed by atoms with Crippen molar-refractivity contribution in [3.63, 3.8) is 0 Å². The van der Waals surface area contributed by atoms with Crippen LogP contribution >= 0.6 is 24.8 Å². The van der Waals surface area contributed by atoms with E-state index in [0.717, 1.165) is 22.0 Å². The summed E-state index contributed by atoms with van der Waals surface area (Å²) in [5.41, 5.74) is 9.19. The number of carbonyl (C=O) groups is 1. The second-order valence-corrected chi connectivity index (χ2v) is 6.79. The molecule has 0 bridgehead atoms. The molecule has 158 valence electrons. The van der Waals surface area contributed by atoms with E-state index in [-0.39, 0.29) is 36.8 Å². The SMILES string of the molecule is CN1C(=O)/C(=C/c2ccc3nn(C)cc3c2)N=C1N[C@@H](CN)c1ccccc1.Cl.Cl. The number of hydrogen-bond acceptors (Lipinski definition) is 5. The van der Waals surface area contributed by atoms with E-state index in [2.05, 4.69) is 15.4 Å². The molecule has 1 atom stereocenters. The third-order valence-corrected chi connectivity index (χ3v) is 4.76. The van der Waals surface area contributed by atoms with E-state index in [9.17, 15) is 4.79 Å². The largest absolute Gasteiger partial charge is 0.347 e. The smallest absolute Gasteiger partial charge is 0.279 e. The molecule has 2 aromatic carbocycles. The summed E-state index contributed by atoms with van der Waals surface area (Å²) < 4.78 is 1.77. The number of hydrogen-bond donors (Lipinski definition) is 2. The maximum Gasteiger partial charge on any atom is 0.279 e. The van der Waals surface area contributed by atoms with Gasteiger partial charge in [-0.05, 0) is 29.3 Å². The first-order chi connectivity index (χ1) is 13.5. The van der Waals surface area contributed by atoms with Crippen LogP contribution in [0.4, 0.5) is 0 Å². The minimum Gasteiger partial charge on any atom is -0.347 e. The Kier molecular flexibility index (Phi) is 7.61. The molecule has 0 unspecified atom stereocenters. The lowest BCUT2D eigenvalue weighted by Gasteiger charge is -2.21.